The number of rotatable bonds is 4. The van der Waals surface area contributed by atoms with Gasteiger partial charge in [-0.3, -0.25) is 14.5 Å². The summed E-state index contributed by atoms with van der Waals surface area (Å²) in [6, 6.07) is 9.40. The van der Waals surface area contributed by atoms with Crippen LogP contribution in [-0.4, -0.2) is 39.5 Å². The average Bonchev–Trinajstić information content (AvgIpc) is 3.10. The number of nitrogens with zero attached hydrogens (tertiary/aromatic N) is 3. The number of nitrogens with one attached hydrogen (secondary N) is 1. The first kappa shape index (κ1) is 23.3. The van der Waals surface area contributed by atoms with Crippen LogP contribution in [0.1, 0.15) is 25.0 Å². The smallest absolute Gasteiger partial charge is 0.324 e. The molecule has 0 saturated heterocycles. The minimum absolute atomic E-state index is 0.00952. The van der Waals surface area contributed by atoms with Crippen LogP contribution in [0.2, 0.25) is 5.02 Å². The molecular weight excluding hydrogens is 477 g/mol. The van der Waals surface area contributed by atoms with Crippen LogP contribution in [0.25, 0.3) is 0 Å². The number of hydrogen-bond acceptors (Lipinski definition) is 5. The van der Waals surface area contributed by atoms with Gasteiger partial charge in [-0.2, -0.15) is 18.2 Å². The van der Waals surface area contributed by atoms with E-state index in [0.717, 1.165) is 35.5 Å². The molecule has 0 bridgehead atoms. The van der Waals surface area contributed by atoms with E-state index in [2.05, 4.69) is 15.3 Å². The van der Waals surface area contributed by atoms with Gasteiger partial charge < -0.3 is 5.32 Å². The predicted molar refractivity (Wildman–Crippen MR) is 123 cm³/mol. The number of aliphatic imine (C=N–C) groups is 2. The lowest BCUT2D eigenvalue weighted by Crippen LogP contribution is -2.46. The quantitative estimate of drug-likeness (QED) is 0.622. The Hall–Kier alpha value is -2.85. The Labute approximate surface area is 196 Å². The fraction of sp³-hybridized carbons (Fsp3) is 0.273. The highest BCUT2D eigenvalue weighted by Crippen LogP contribution is 2.36. The number of thioether (sulfide) groups is 1. The van der Waals surface area contributed by atoms with Crippen LogP contribution in [0.15, 0.2) is 52.4 Å². The van der Waals surface area contributed by atoms with Crippen LogP contribution in [0.4, 0.5) is 24.5 Å². The van der Waals surface area contributed by atoms with Gasteiger partial charge >= 0.3 is 6.18 Å². The molecule has 1 atom stereocenters. The van der Waals surface area contributed by atoms with Crippen molar-refractivity contribution in [2.75, 3.05) is 11.1 Å². The van der Waals surface area contributed by atoms with Crippen molar-refractivity contribution in [1.82, 2.24) is 4.90 Å². The van der Waals surface area contributed by atoms with Gasteiger partial charge in [0.1, 0.15) is 11.9 Å². The normalized spacial score (nSPS) is 17.5. The zero-order valence-electron chi connectivity index (χ0n) is 17.5. The summed E-state index contributed by atoms with van der Waals surface area (Å²) < 4.78 is 39.0. The van der Waals surface area contributed by atoms with Crippen molar-refractivity contribution in [3.63, 3.8) is 0 Å². The maximum Gasteiger partial charge on any atom is 0.416 e. The topological polar surface area (TPSA) is 74.1 Å². The number of hydrogen-bond donors (Lipinski definition) is 1. The van der Waals surface area contributed by atoms with Crippen LogP contribution in [-0.2, 0) is 15.8 Å². The monoisotopic (exact) mass is 494 g/mol. The van der Waals surface area contributed by atoms with E-state index in [1.54, 1.807) is 17.0 Å². The Morgan fingerprint density at radius 1 is 1.21 bits per heavy atom. The minimum atomic E-state index is -4.56. The molecule has 172 valence electrons. The van der Waals surface area contributed by atoms with Crippen molar-refractivity contribution in [2.45, 2.75) is 26.1 Å². The van der Waals surface area contributed by atoms with E-state index >= 15 is 0 Å². The molecule has 2 aliphatic heterocycles. The van der Waals surface area contributed by atoms with E-state index in [1.165, 1.54) is 0 Å². The minimum Gasteiger partial charge on any atom is -0.324 e. The number of amidine groups is 2. The largest absolute Gasteiger partial charge is 0.416 e. The third kappa shape index (κ3) is 4.63. The molecule has 0 aromatic heterocycles. The van der Waals surface area contributed by atoms with E-state index < -0.39 is 23.7 Å². The van der Waals surface area contributed by atoms with Gasteiger partial charge in [-0.1, -0.05) is 49.3 Å². The second-order valence-electron chi connectivity index (χ2n) is 7.77. The number of fused-ring (bicyclic) bond motifs is 3. The van der Waals surface area contributed by atoms with Crippen molar-refractivity contribution < 1.29 is 22.8 Å². The molecule has 4 rings (SSSR count). The highest BCUT2D eigenvalue weighted by molar-refractivity contribution is 8.14. The summed E-state index contributed by atoms with van der Waals surface area (Å²) >= 11 is 7.03. The van der Waals surface area contributed by atoms with Crippen molar-refractivity contribution in [3.8, 4) is 0 Å². The number of anilines is 1. The van der Waals surface area contributed by atoms with Gasteiger partial charge in [0.2, 0.25) is 5.91 Å². The lowest BCUT2D eigenvalue weighted by Gasteiger charge is -2.32. The molecule has 0 radical (unpaired) electrons. The van der Waals surface area contributed by atoms with Gasteiger partial charge in [-0.25, -0.2) is 4.99 Å². The van der Waals surface area contributed by atoms with Crippen molar-refractivity contribution in [1.29, 1.82) is 0 Å². The number of benzene rings is 2. The van der Waals surface area contributed by atoms with Gasteiger partial charge in [-0.05, 0) is 36.2 Å². The molecule has 2 amide bonds. The maximum atomic E-state index is 13.0. The summed E-state index contributed by atoms with van der Waals surface area (Å²) in [6.45, 7) is 3.79. The maximum absolute atomic E-state index is 13.0. The molecule has 2 aromatic rings. The first-order valence-corrected chi connectivity index (χ1v) is 11.3. The Morgan fingerprint density at radius 2 is 1.94 bits per heavy atom. The van der Waals surface area contributed by atoms with Gasteiger partial charge in [-0.15, -0.1) is 0 Å². The Bertz CT molecular complexity index is 1200. The fourth-order valence-electron chi connectivity index (χ4n) is 3.58. The summed E-state index contributed by atoms with van der Waals surface area (Å²) in [7, 11) is 0. The molecule has 11 heteroatoms. The lowest BCUT2D eigenvalue weighted by molar-refractivity contribution is -0.137. The van der Waals surface area contributed by atoms with Crippen LogP contribution in [0.3, 0.4) is 0 Å². The molecular formula is C22H18ClF3N4O2S. The number of amides is 2. The Kier molecular flexibility index (Phi) is 6.24. The second kappa shape index (κ2) is 8.83. The van der Waals surface area contributed by atoms with E-state index in [9.17, 15) is 22.8 Å². The van der Waals surface area contributed by atoms with Gasteiger partial charge in [0, 0.05) is 5.56 Å². The van der Waals surface area contributed by atoms with Gasteiger partial charge in [0.25, 0.3) is 5.91 Å². The first-order valence-electron chi connectivity index (χ1n) is 9.95. The number of para-hydroxylation sites is 1. The molecule has 1 N–H and O–H groups in total. The number of halogens is 4. The molecule has 33 heavy (non-hydrogen) atoms. The zero-order chi connectivity index (χ0) is 23.9. The van der Waals surface area contributed by atoms with Gasteiger partial charge in [0.15, 0.2) is 5.17 Å². The van der Waals surface area contributed by atoms with E-state index in [1.807, 2.05) is 26.0 Å². The van der Waals surface area contributed by atoms with Gasteiger partial charge in [0.05, 0.1) is 27.7 Å². The highest BCUT2D eigenvalue weighted by atomic mass is 35.5. The second-order valence-corrected chi connectivity index (χ2v) is 9.12. The van der Waals surface area contributed by atoms with E-state index in [0.29, 0.717) is 16.7 Å². The Morgan fingerprint density at radius 3 is 2.64 bits per heavy atom. The zero-order valence-corrected chi connectivity index (χ0v) is 19.1. The molecule has 0 saturated carbocycles. The first-order chi connectivity index (χ1) is 15.6. The van der Waals surface area contributed by atoms with E-state index in [-0.39, 0.29) is 28.3 Å². The summed E-state index contributed by atoms with van der Waals surface area (Å²) in [5.74, 6) is -0.588. The van der Waals surface area contributed by atoms with Crippen LogP contribution >= 0.6 is 23.4 Å². The number of alkyl halides is 3. The molecule has 6 nitrogen and oxygen atoms in total. The fourth-order valence-corrected chi connectivity index (χ4v) is 4.58. The predicted octanol–water partition coefficient (Wildman–Crippen LogP) is 5.35. The molecule has 0 fully saturated rings. The number of carbonyl (C=O) groups excluding carboxylic acids is 2. The standard InChI is InChI=1S/C22H18ClF3N4O2S/c1-11(2)18-20(32)29-19-13-5-3-4-6-15(13)28-21(30(18)19)33-10-17(31)27-16-9-12(22(24,25)26)7-8-14(16)23/h3-9,11,18H,10H2,1-2H3,(H,27,31). The SMILES string of the molecule is CC(C)C1C(=O)N=C2c3ccccc3N=C(SCC(=O)Nc3cc(C(F)(F)F)ccc3Cl)N21. The molecule has 2 heterocycles. The average molecular weight is 495 g/mol. The lowest BCUT2D eigenvalue weighted by atomic mass is 10.0. The third-order valence-electron chi connectivity index (χ3n) is 5.07. The highest BCUT2D eigenvalue weighted by Gasteiger charge is 2.43. The van der Waals surface area contributed by atoms with Crippen LogP contribution in [0, 0.1) is 5.92 Å². The number of carbonyl (C=O) groups is 2. The Balaban J connectivity index is 1.55. The van der Waals surface area contributed by atoms with Crippen LogP contribution < -0.4 is 5.32 Å². The third-order valence-corrected chi connectivity index (χ3v) is 6.36. The molecule has 1 unspecified atom stereocenters. The van der Waals surface area contributed by atoms with E-state index in [4.69, 9.17) is 11.6 Å². The molecule has 0 aliphatic carbocycles. The van der Waals surface area contributed by atoms with Crippen molar-refractivity contribution in [3.05, 3.63) is 58.6 Å². The van der Waals surface area contributed by atoms with Crippen molar-refractivity contribution in [2.24, 2.45) is 15.9 Å². The summed E-state index contributed by atoms with van der Waals surface area (Å²) in [4.78, 5) is 35.7. The van der Waals surface area contributed by atoms with Crippen molar-refractivity contribution >= 4 is 57.6 Å². The molecule has 2 aliphatic rings. The summed E-state index contributed by atoms with van der Waals surface area (Å²) in [6.07, 6.45) is -4.56. The summed E-state index contributed by atoms with van der Waals surface area (Å²) in [5, 5.41) is 2.83. The molecule has 2 aromatic carbocycles. The summed E-state index contributed by atoms with van der Waals surface area (Å²) in [5.41, 5.74) is 0.290. The molecule has 0 spiro atoms. The van der Waals surface area contributed by atoms with Crippen LogP contribution in [0.5, 0.6) is 0 Å².